The first-order valence-electron chi connectivity index (χ1n) is 4.29. The summed E-state index contributed by atoms with van der Waals surface area (Å²) in [4.78, 5) is 2.53. The number of hydrogen-bond donors (Lipinski definition) is 1. The lowest BCUT2D eigenvalue weighted by molar-refractivity contribution is 0.229. The molecule has 10 heavy (non-hydrogen) atoms. The van der Waals surface area contributed by atoms with E-state index in [1.165, 1.54) is 32.4 Å². The Bertz CT molecular complexity index is 93.3. The van der Waals surface area contributed by atoms with Gasteiger partial charge in [-0.2, -0.15) is 0 Å². The molecule has 1 N–H and O–H groups in total. The zero-order valence-corrected chi connectivity index (χ0v) is 7.06. The predicted molar refractivity (Wildman–Crippen MR) is 43.9 cm³/mol. The van der Waals surface area contributed by atoms with E-state index in [0.717, 1.165) is 0 Å². The molecule has 0 radical (unpaired) electrons. The second-order valence-electron chi connectivity index (χ2n) is 2.98. The molecule has 0 spiro atoms. The summed E-state index contributed by atoms with van der Waals surface area (Å²) >= 11 is 0. The van der Waals surface area contributed by atoms with E-state index in [-0.39, 0.29) is 0 Å². The van der Waals surface area contributed by atoms with Gasteiger partial charge in [0.1, 0.15) is 0 Å². The standard InChI is InChI=1S/C8H18N2/c1-3-6-10-7-4-5-8(10)9-2/h8-9H,3-7H2,1-2H3. The summed E-state index contributed by atoms with van der Waals surface area (Å²) in [5.41, 5.74) is 0. The molecule has 1 aliphatic rings. The molecule has 1 unspecified atom stereocenters. The minimum Gasteiger partial charge on any atom is -0.305 e. The van der Waals surface area contributed by atoms with Crippen molar-refractivity contribution < 1.29 is 0 Å². The van der Waals surface area contributed by atoms with Gasteiger partial charge >= 0.3 is 0 Å². The fraction of sp³-hybridized carbons (Fsp3) is 1.00. The highest BCUT2D eigenvalue weighted by Gasteiger charge is 2.20. The lowest BCUT2D eigenvalue weighted by atomic mass is 10.3. The van der Waals surface area contributed by atoms with Crippen LogP contribution in [-0.4, -0.2) is 31.2 Å². The smallest absolute Gasteiger partial charge is 0.0595 e. The summed E-state index contributed by atoms with van der Waals surface area (Å²) in [6, 6.07) is 0. The summed E-state index contributed by atoms with van der Waals surface area (Å²) in [7, 11) is 2.05. The number of likely N-dealkylation sites (tertiary alicyclic amines) is 1. The van der Waals surface area contributed by atoms with E-state index in [2.05, 4.69) is 24.2 Å². The van der Waals surface area contributed by atoms with Gasteiger partial charge in [0.25, 0.3) is 0 Å². The van der Waals surface area contributed by atoms with Gasteiger partial charge in [0.15, 0.2) is 0 Å². The average Bonchev–Trinajstić information content (AvgIpc) is 2.36. The highest BCUT2D eigenvalue weighted by atomic mass is 15.3. The lowest BCUT2D eigenvalue weighted by Gasteiger charge is -2.22. The van der Waals surface area contributed by atoms with E-state index < -0.39 is 0 Å². The number of rotatable bonds is 3. The maximum absolute atomic E-state index is 3.32. The van der Waals surface area contributed by atoms with Crippen molar-refractivity contribution in [3.63, 3.8) is 0 Å². The first-order valence-corrected chi connectivity index (χ1v) is 4.29. The third kappa shape index (κ3) is 1.70. The molecule has 1 atom stereocenters. The predicted octanol–water partition coefficient (Wildman–Crippen LogP) is 1.04. The van der Waals surface area contributed by atoms with Gasteiger partial charge in [0.2, 0.25) is 0 Å². The van der Waals surface area contributed by atoms with Gasteiger partial charge in [-0.05, 0) is 39.4 Å². The maximum atomic E-state index is 3.32. The van der Waals surface area contributed by atoms with Crippen LogP contribution in [0.4, 0.5) is 0 Å². The number of nitrogens with zero attached hydrogens (tertiary/aromatic N) is 1. The third-order valence-corrected chi connectivity index (χ3v) is 2.21. The minimum atomic E-state index is 0.667. The molecule has 2 nitrogen and oxygen atoms in total. The largest absolute Gasteiger partial charge is 0.305 e. The van der Waals surface area contributed by atoms with Crippen LogP contribution in [0.1, 0.15) is 26.2 Å². The maximum Gasteiger partial charge on any atom is 0.0595 e. The molecule has 1 heterocycles. The Morgan fingerprint density at radius 3 is 3.00 bits per heavy atom. The summed E-state index contributed by atoms with van der Waals surface area (Å²) in [6.45, 7) is 4.79. The van der Waals surface area contributed by atoms with Gasteiger partial charge < -0.3 is 5.32 Å². The van der Waals surface area contributed by atoms with Gasteiger partial charge in [0, 0.05) is 0 Å². The Morgan fingerprint density at radius 2 is 2.40 bits per heavy atom. The van der Waals surface area contributed by atoms with Gasteiger partial charge in [-0.15, -0.1) is 0 Å². The van der Waals surface area contributed by atoms with Crippen molar-refractivity contribution in [2.45, 2.75) is 32.4 Å². The molecule has 60 valence electrons. The van der Waals surface area contributed by atoms with Crippen LogP contribution in [-0.2, 0) is 0 Å². The average molecular weight is 142 g/mol. The van der Waals surface area contributed by atoms with E-state index in [0.29, 0.717) is 6.17 Å². The number of hydrogen-bond acceptors (Lipinski definition) is 2. The highest BCUT2D eigenvalue weighted by Crippen LogP contribution is 2.13. The van der Waals surface area contributed by atoms with Crippen molar-refractivity contribution in [1.82, 2.24) is 10.2 Å². The molecule has 0 bridgehead atoms. The van der Waals surface area contributed by atoms with Crippen LogP contribution in [0.15, 0.2) is 0 Å². The topological polar surface area (TPSA) is 15.3 Å². The van der Waals surface area contributed by atoms with Gasteiger partial charge in [-0.25, -0.2) is 0 Å². The molecule has 0 aliphatic carbocycles. The number of nitrogens with one attached hydrogen (secondary N) is 1. The van der Waals surface area contributed by atoms with Crippen LogP contribution < -0.4 is 5.32 Å². The highest BCUT2D eigenvalue weighted by molar-refractivity contribution is 4.74. The Labute approximate surface area is 63.6 Å². The first-order chi connectivity index (χ1) is 4.88. The molecule has 0 aromatic heterocycles. The molecule has 1 aliphatic heterocycles. The van der Waals surface area contributed by atoms with E-state index in [1.807, 2.05) is 0 Å². The second-order valence-corrected chi connectivity index (χ2v) is 2.98. The van der Waals surface area contributed by atoms with E-state index >= 15 is 0 Å². The van der Waals surface area contributed by atoms with E-state index in [1.54, 1.807) is 0 Å². The summed E-state index contributed by atoms with van der Waals surface area (Å²) in [5.74, 6) is 0. The first kappa shape index (κ1) is 8.02. The normalized spacial score (nSPS) is 27.6. The van der Waals surface area contributed by atoms with Gasteiger partial charge in [-0.1, -0.05) is 6.92 Å². The fourth-order valence-electron chi connectivity index (χ4n) is 1.71. The molecule has 1 rings (SSSR count). The van der Waals surface area contributed by atoms with Crippen molar-refractivity contribution in [2.75, 3.05) is 20.1 Å². The van der Waals surface area contributed by atoms with Crippen molar-refractivity contribution in [2.24, 2.45) is 0 Å². The molecular formula is C8H18N2. The molecule has 2 heteroatoms. The van der Waals surface area contributed by atoms with Crippen LogP contribution in [0.25, 0.3) is 0 Å². The monoisotopic (exact) mass is 142 g/mol. The zero-order valence-electron chi connectivity index (χ0n) is 7.06. The Kier molecular flexibility index (Phi) is 3.16. The van der Waals surface area contributed by atoms with Crippen LogP contribution >= 0.6 is 0 Å². The molecule has 0 amide bonds. The van der Waals surface area contributed by atoms with Crippen LogP contribution in [0.2, 0.25) is 0 Å². The molecule has 0 aromatic rings. The summed E-state index contributed by atoms with van der Waals surface area (Å²) in [6.07, 6.45) is 4.64. The third-order valence-electron chi connectivity index (χ3n) is 2.21. The molecule has 1 saturated heterocycles. The van der Waals surface area contributed by atoms with Crippen LogP contribution in [0, 0.1) is 0 Å². The summed E-state index contributed by atoms with van der Waals surface area (Å²) < 4.78 is 0. The van der Waals surface area contributed by atoms with Gasteiger partial charge in [0.05, 0.1) is 6.17 Å². The van der Waals surface area contributed by atoms with Crippen molar-refractivity contribution in [1.29, 1.82) is 0 Å². The molecule has 0 aromatic carbocycles. The van der Waals surface area contributed by atoms with Crippen molar-refractivity contribution in [3.05, 3.63) is 0 Å². The van der Waals surface area contributed by atoms with Crippen molar-refractivity contribution in [3.8, 4) is 0 Å². The van der Waals surface area contributed by atoms with E-state index in [9.17, 15) is 0 Å². The molecule has 1 fully saturated rings. The van der Waals surface area contributed by atoms with Crippen molar-refractivity contribution >= 4 is 0 Å². The second kappa shape index (κ2) is 3.94. The summed E-state index contributed by atoms with van der Waals surface area (Å²) in [5, 5.41) is 3.32. The Hall–Kier alpha value is -0.0800. The van der Waals surface area contributed by atoms with Crippen LogP contribution in [0.5, 0.6) is 0 Å². The van der Waals surface area contributed by atoms with E-state index in [4.69, 9.17) is 0 Å². The molecular weight excluding hydrogens is 124 g/mol. The SMILES string of the molecule is CCCN1CCCC1NC. The quantitative estimate of drug-likeness (QED) is 0.633. The Morgan fingerprint density at radius 1 is 1.60 bits per heavy atom. The Balaban J connectivity index is 2.27. The zero-order chi connectivity index (χ0) is 7.40. The van der Waals surface area contributed by atoms with Crippen LogP contribution in [0.3, 0.4) is 0 Å². The minimum absolute atomic E-state index is 0.667. The lowest BCUT2D eigenvalue weighted by Crippen LogP contribution is -2.39. The van der Waals surface area contributed by atoms with Gasteiger partial charge in [-0.3, -0.25) is 4.90 Å². The molecule has 0 saturated carbocycles. The fourth-order valence-corrected chi connectivity index (χ4v) is 1.71.